The second kappa shape index (κ2) is 9.68. The zero-order valence-corrected chi connectivity index (χ0v) is 19.6. The van der Waals surface area contributed by atoms with Crippen LogP contribution in [0.4, 0.5) is 0 Å². The monoisotopic (exact) mass is 459 g/mol. The number of hydrogen-bond acceptors (Lipinski definition) is 6. The lowest BCUT2D eigenvalue weighted by Crippen LogP contribution is -2.46. The van der Waals surface area contributed by atoms with Crippen LogP contribution in [-0.4, -0.2) is 65.2 Å². The predicted molar refractivity (Wildman–Crippen MR) is 122 cm³/mol. The molecule has 1 aliphatic heterocycles. The first kappa shape index (κ1) is 23.7. The maximum atomic E-state index is 12.8. The number of esters is 1. The molecule has 0 aliphatic carbocycles. The second-order valence-electron chi connectivity index (χ2n) is 7.93. The van der Waals surface area contributed by atoms with Crippen LogP contribution in [-0.2, 0) is 24.2 Å². The molecule has 0 saturated carbocycles. The van der Waals surface area contributed by atoms with Gasteiger partial charge in [0.2, 0.25) is 0 Å². The van der Waals surface area contributed by atoms with E-state index in [1.165, 1.54) is 17.9 Å². The van der Waals surface area contributed by atoms with Gasteiger partial charge in [0.25, 0.3) is 5.91 Å². The Hall–Kier alpha value is -2.94. The van der Waals surface area contributed by atoms with Crippen molar-refractivity contribution >= 4 is 27.8 Å². The Morgan fingerprint density at radius 1 is 1.28 bits per heavy atom. The highest BCUT2D eigenvalue weighted by atomic mass is 32.2. The molecule has 1 amide bonds. The van der Waals surface area contributed by atoms with Gasteiger partial charge < -0.3 is 9.64 Å². The molecule has 3 rings (SSSR count). The zero-order chi connectivity index (χ0) is 23.5. The summed E-state index contributed by atoms with van der Waals surface area (Å²) in [5.41, 5.74) is 3.36. The first-order valence-electron chi connectivity index (χ1n) is 10.6. The van der Waals surface area contributed by atoms with Crippen LogP contribution in [0.5, 0.6) is 0 Å². The highest BCUT2D eigenvalue weighted by molar-refractivity contribution is 7.91. The van der Waals surface area contributed by atoms with Gasteiger partial charge in [-0.3, -0.25) is 4.79 Å². The summed E-state index contributed by atoms with van der Waals surface area (Å²) in [6, 6.07) is 9.31. The normalized spacial score (nSPS) is 18.6. The van der Waals surface area contributed by atoms with Gasteiger partial charge in [0.1, 0.15) is 0 Å². The fourth-order valence-electron chi connectivity index (χ4n) is 3.98. The molecule has 1 fully saturated rings. The number of nitrogens with zero attached hydrogens (tertiary/aromatic N) is 3. The van der Waals surface area contributed by atoms with Gasteiger partial charge in [0, 0.05) is 29.9 Å². The number of para-hydroxylation sites is 1. The summed E-state index contributed by atoms with van der Waals surface area (Å²) in [7, 11) is -3.12. The van der Waals surface area contributed by atoms with Crippen molar-refractivity contribution in [1.29, 1.82) is 0 Å². The first-order valence-corrected chi connectivity index (χ1v) is 12.5. The number of likely N-dealkylation sites (N-methyl/N-ethyl adjacent to an activating group) is 1. The molecule has 2 aromatic rings. The Bertz CT molecular complexity index is 1120. The van der Waals surface area contributed by atoms with E-state index < -0.39 is 21.9 Å². The summed E-state index contributed by atoms with van der Waals surface area (Å²) in [6.07, 6.45) is 2.32. The maximum Gasteiger partial charge on any atom is 0.331 e. The van der Waals surface area contributed by atoms with Crippen LogP contribution in [0.15, 0.2) is 36.4 Å². The second-order valence-corrected chi connectivity index (χ2v) is 10.2. The van der Waals surface area contributed by atoms with Crippen LogP contribution in [0.3, 0.4) is 0 Å². The van der Waals surface area contributed by atoms with Crippen LogP contribution in [0.2, 0.25) is 0 Å². The van der Waals surface area contributed by atoms with Crippen molar-refractivity contribution in [3.63, 3.8) is 0 Å². The number of rotatable bonds is 7. The van der Waals surface area contributed by atoms with Gasteiger partial charge in [-0.15, -0.1) is 0 Å². The van der Waals surface area contributed by atoms with Crippen LogP contribution in [0.25, 0.3) is 11.8 Å². The number of carbonyl (C=O) groups excluding carboxylic acids is 2. The molecule has 1 aliphatic rings. The van der Waals surface area contributed by atoms with Gasteiger partial charge in [-0.05, 0) is 52.3 Å². The van der Waals surface area contributed by atoms with Crippen molar-refractivity contribution in [3.8, 4) is 5.69 Å². The molecule has 0 radical (unpaired) electrons. The summed E-state index contributed by atoms with van der Waals surface area (Å²) in [5, 5.41) is 4.54. The Kier molecular flexibility index (Phi) is 7.18. The van der Waals surface area contributed by atoms with Crippen molar-refractivity contribution in [3.05, 3.63) is 53.4 Å². The fourth-order valence-corrected chi connectivity index (χ4v) is 5.71. The molecule has 32 heavy (non-hydrogen) atoms. The van der Waals surface area contributed by atoms with E-state index >= 15 is 0 Å². The summed E-state index contributed by atoms with van der Waals surface area (Å²) in [4.78, 5) is 26.6. The van der Waals surface area contributed by atoms with E-state index in [2.05, 4.69) is 5.10 Å². The third kappa shape index (κ3) is 5.27. The lowest BCUT2D eigenvalue weighted by Gasteiger charge is -2.29. The molecule has 0 unspecified atom stereocenters. The van der Waals surface area contributed by atoms with Gasteiger partial charge in [-0.25, -0.2) is 17.9 Å². The minimum absolute atomic E-state index is 0.0445. The number of amides is 1. The number of aromatic nitrogens is 2. The summed E-state index contributed by atoms with van der Waals surface area (Å²) < 4.78 is 30.6. The number of carbonyl (C=O) groups is 2. The number of hydrogen-bond donors (Lipinski definition) is 0. The van der Waals surface area contributed by atoms with E-state index in [1.807, 2.05) is 44.2 Å². The highest BCUT2D eigenvalue weighted by Gasteiger charge is 2.36. The van der Waals surface area contributed by atoms with E-state index in [0.717, 1.165) is 22.6 Å². The third-order valence-corrected chi connectivity index (χ3v) is 7.40. The molecule has 172 valence electrons. The molecule has 2 atom stereocenters. The Balaban J connectivity index is 1.66. The van der Waals surface area contributed by atoms with Crippen molar-refractivity contribution in [2.45, 2.75) is 46.3 Å². The molecule has 0 N–H and O–H groups in total. The fraction of sp³-hybridized carbons (Fsp3) is 0.435. The number of benzene rings is 1. The molecular formula is C23H29N3O5S. The quantitative estimate of drug-likeness (QED) is 0.466. The van der Waals surface area contributed by atoms with Crippen molar-refractivity contribution < 1.29 is 22.7 Å². The molecule has 0 spiro atoms. The standard InChI is InChI=1S/C23H29N3O5S/c1-5-25(20-13-14-32(29,30)15-20)23(28)18(4)31-22(27)12-11-21-16(2)24-26(17(21)3)19-9-7-6-8-10-19/h6-12,18,20H,5,13-15H2,1-4H3/b12-11+/t18-,20+/m0/s1. The van der Waals surface area contributed by atoms with Gasteiger partial charge in [-0.1, -0.05) is 18.2 Å². The molecule has 2 heterocycles. The third-order valence-electron chi connectivity index (χ3n) is 5.65. The maximum absolute atomic E-state index is 12.8. The van der Waals surface area contributed by atoms with Gasteiger partial charge >= 0.3 is 5.97 Å². The average molecular weight is 460 g/mol. The molecule has 0 bridgehead atoms. The van der Waals surface area contributed by atoms with Gasteiger partial charge in [0.05, 0.1) is 22.9 Å². The van der Waals surface area contributed by atoms with Gasteiger partial charge in [0.15, 0.2) is 15.9 Å². The van der Waals surface area contributed by atoms with Crippen LogP contribution in [0, 0.1) is 13.8 Å². The lowest BCUT2D eigenvalue weighted by atomic mass is 10.2. The Labute approximate surface area is 188 Å². The minimum Gasteiger partial charge on any atom is -0.449 e. The summed E-state index contributed by atoms with van der Waals surface area (Å²) >= 11 is 0. The van der Waals surface area contributed by atoms with E-state index in [0.29, 0.717) is 13.0 Å². The average Bonchev–Trinajstić information content (AvgIpc) is 3.25. The molecule has 1 saturated heterocycles. The summed E-state index contributed by atoms with van der Waals surface area (Å²) in [5.74, 6) is -1.00. The minimum atomic E-state index is -3.12. The van der Waals surface area contributed by atoms with Gasteiger partial charge in [-0.2, -0.15) is 5.10 Å². The van der Waals surface area contributed by atoms with Crippen molar-refractivity contribution in [2.75, 3.05) is 18.1 Å². The SMILES string of the molecule is CCN(C(=O)[C@H](C)OC(=O)/C=C/c1c(C)nn(-c2ccccc2)c1C)[C@@H]1CCS(=O)(=O)C1. The van der Waals surface area contributed by atoms with Crippen LogP contribution < -0.4 is 0 Å². The molecule has 1 aromatic heterocycles. The number of ether oxygens (including phenoxy) is 1. The van der Waals surface area contributed by atoms with E-state index in [1.54, 1.807) is 17.7 Å². The smallest absolute Gasteiger partial charge is 0.331 e. The van der Waals surface area contributed by atoms with Crippen LogP contribution in [0.1, 0.15) is 37.2 Å². The Morgan fingerprint density at radius 3 is 2.56 bits per heavy atom. The van der Waals surface area contributed by atoms with E-state index in [4.69, 9.17) is 4.74 Å². The van der Waals surface area contributed by atoms with E-state index in [-0.39, 0.29) is 23.5 Å². The van der Waals surface area contributed by atoms with Crippen molar-refractivity contribution in [1.82, 2.24) is 14.7 Å². The Morgan fingerprint density at radius 2 is 1.97 bits per heavy atom. The van der Waals surface area contributed by atoms with Crippen molar-refractivity contribution in [2.24, 2.45) is 0 Å². The zero-order valence-electron chi connectivity index (χ0n) is 18.8. The number of sulfone groups is 1. The summed E-state index contributed by atoms with van der Waals surface area (Å²) in [6.45, 7) is 7.42. The number of aryl methyl sites for hydroxylation is 1. The van der Waals surface area contributed by atoms with E-state index in [9.17, 15) is 18.0 Å². The lowest BCUT2D eigenvalue weighted by molar-refractivity contribution is -0.156. The largest absolute Gasteiger partial charge is 0.449 e. The molecular weight excluding hydrogens is 430 g/mol. The molecule has 8 nitrogen and oxygen atoms in total. The molecule has 1 aromatic carbocycles. The highest BCUT2D eigenvalue weighted by Crippen LogP contribution is 2.20. The van der Waals surface area contributed by atoms with Crippen LogP contribution >= 0.6 is 0 Å². The first-order chi connectivity index (χ1) is 15.1. The predicted octanol–water partition coefficient (Wildman–Crippen LogP) is 2.47. The molecule has 9 heteroatoms. The topological polar surface area (TPSA) is 98.6 Å².